The zero-order valence-corrected chi connectivity index (χ0v) is 24.0. The van der Waals surface area contributed by atoms with E-state index in [2.05, 4.69) is 5.10 Å². The summed E-state index contributed by atoms with van der Waals surface area (Å²) in [5.74, 6) is 2.13. The molecule has 0 saturated carbocycles. The summed E-state index contributed by atoms with van der Waals surface area (Å²) in [7, 11) is 3.13. The first-order valence-electron chi connectivity index (χ1n) is 12.8. The number of benzene rings is 4. The zero-order chi connectivity index (χ0) is 29.2. The van der Waals surface area contributed by atoms with Gasteiger partial charge in [0, 0.05) is 21.2 Å². The lowest BCUT2D eigenvalue weighted by molar-refractivity contribution is 0.284. The van der Waals surface area contributed by atoms with Crippen molar-refractivity contribution in [2.24, 2.45) is 5.10 Å². The van der Waals surface area contributed by atoms with Crippen molar-refractivity contribution in [3.63, 3.8) is 0 Å². The summed E-state index contributed by atoms with van der Waals surface area (Å²) >= 11 is 12.4. The second kappa shape index (κ2) is 11.6. The van der Waals surface area contributed by atoms with Crippen LogP contribution in [0, 0.1) is 0 Å². The normalized spacial score (nSPS) is 11.4. The van der Waals surface area contributed by atoms with Crippen molar-refractivity contribution in [3.8, 4) is 28.8 Å². The van der Waals surface area contributed by atoms with Gasteiger partial charge in [-0.1, -0.05) is 53.5 Å². The molecule has 4 aromatic carbocycles. The van der Waals surface area contributed by atoms with Crippen LogP contribution in [0.3, 0.4) is 0 Å². The molecule has 0 aliphatic rings. The van der Waals surface area contributed by atoms with Gasteiger partial charge >= 0.3 is 0 Å². The average Bonchev–Trinajstić information content (AvgIpc) is 3.45. The lowest BCUT2D eigenvalue weighted by atomic mass is 10.2. The molecule has 0 radical (unpaired) electrons. The monoisotopic (exact) mass is 599 g/mol. The molecule has 6 aromatic rings. The highest BCUT2D eigenvalue weighted by molar-refractivity contribution is 6.35. The first kappa shape index (κ1) is 27.4. The van der Waals surface area contributed by atoms with Gasteiger partial charge in [-0.2, -0.15) is 9.78 Å². The van der Waals surface area contributed by atoms with E-state index in [0.29, 0.717) is 55.1 Å². The third kappa shape index (κ3) is 5.18. The Balaban J connectivity index is 1.46. The second-order valence-electron chi connectivity index (χ2n) is 9.20. The summed E-state index contributed by atoms with van der Waals surface area (Å²) in [5.41, 5.74) is 2.05. The maximum atomic E-state index is 13.7. The molecule has 0 amide bonds. The van der Waals surface area contributed by atoms with Crippen molar-refractivity contribution in [1.82, 2.24) is 9.66 Å². The summed E-state index contributed by atoms with van der Waals surface area (Å²) in [6, 6.07) is 24.9. The van der Waals surface area contributed by atoms with E-state index in [1.165, 1.54) is 10.9 Å². The van der Waals surface area contributed by atoms with Gasteiger partial charge < -0.3 is 18.6 Å². The van der Waals surface area contributed by atoms with Gasteiger partial charge in [0.15, 0.2) is 17.3 Å². The molecule has 42 heavy (non-hydrogen) atoms. The lowest BCUT2D eigenvalue weighted by Crippen LogP contribution is -2.20. The summed E-state index contributed by atoms with van der Waals surface area (Å²) < 4.78 is 24.5. The van der Waals surface area contributed by atoms with E-state index in [1.807, 2.05) is 24.3 Å². The molecule has 0 atom stereocenters. The maximum Gasteiger partial charge on any atom is 0.282 e. The molecule has 8 nitrogen and oxygen atoms in total. The molecule has 0 spiro atoms. The number of nitrogens with zero attached hydrogens (tertiary/aromatic N) is 3. The Labute approximate surface area is 250 Å². The molecule has 0 aliphatic carbocycles. The highest BCUT2D eigenvalue weighted by Gasteiger charge is 2.18. The Morgan fingerprint density at radius 3 is 2.50 bits per heavy atom. The van der Waals surface area contributed by atoms with E-state index in [-0.39, 0.29) is 18.0 Å². The van der Waals surface area contributed by atoms with Crippen molar-refractivity contribution in [3.05, 3.63) is 116 Å². The van der Waals surface area contributed by atoms with Crippen LogP contribution in [0.1, 0.15) is 11.1 Å². The van der Waals surface area contributed by atoms with Gasteiger partial charge in [0.2, 0.25) is 5.82 Å². The average molecular weight is 600 g/mol. The standard InChI is InChI=1S/C32H23Cl2N3O5/c1-39-26-10-6-11-27-23(26)16-29(42-27)31-36-25-9-4-3-8-22(25)32(38)37(31)35-17-19-7-5-12-28(40-2)30(19)41-18-20-13-14-21(33)15-24(20)34/h3-17H,18H2,1-2H3. The van der Waals surface area contributed by atoms with Crippen molar-refractivity contribution >= 4 is 51.3 Å². The van der Waals surface area contributed by atoms with Crippen LogP contribution >= 0.6 is 23.2 Å². The number of hydrogen-bond acceptors (Lipinski definition) is 7. The summed E-state index contributed by atoms with van der Waals surface area (Å²) in [4.78, 5) is 18.5. The van der Waals surface area contributed by atoms with E-state index in [9.17, 15) is 4.79 Å². The molecular formula is C32H23Cl2N3O5. The molecule has 0 saturated heterocycles. The predicted octanol–water partition coefficient (Wildman–Crippen LogP) is 7.59. The van der Waals surface area contributed by atoms with Gasteiger partial charge in [0.05, 0.1) is 36.7 Å². The molecule has 0 bridgehead atoms. The first-order chi connectivity index (χ1) is 20.5. The number of fused-ring (bicyclic) bond motifs is 2. The molecular weight excluding hydrogens is 577 g/mol. The van der Waals surface area contributed by atoms with Gasteiger partial charge in [-0.05, 0) is 54.6 Å². The highest BCUT2D eigenvalue weighted by Crippen LogP contribution is 2.34. The smallest absolute Gasteiger partial charge is 0.282 e. The van der Waals surface area contributed by atoms with Crippen molar-refractivity contribution in [2.45, 2.75) is 6.61 Å². The number of methoxy groups -OCH3 is 2. The van der Waals surface area contributed by atoms with Gasteiger partial charge in [0.1, 0.15) is 17.9 Å². The minimum Gasteiger partial charge on any atom is -0.496 e. The van der Waals surface area contributed by atoms with E-state index < -0.39 is 0 Å². The predicted molar refractivity (Wildman–Crippen MR) is 165 cm³/mol. The fourth-order valence-electron chi connectivity index (χ4n) is 4.57. The van der Waals surface area contributed by atoms with Crippen LogP contribution in [-0.4, -0.2) is 30.1 Å². The van der Waals surface area contributed by atoms with Crippen LogP contribution in [-0.2, 0) is 6.61 Å². The van der Waals surface area contributed by atoms with Crippen LogP contribution in [0.25, 0.3) is 33.5 Å². The summed E-state index contributed by atoms with van der Waals surface area (Å²) in [6.07, 6.45) is 1.52. The lowest BCUT2D eigenvalue weighted by Gasteiger charge is -2.14. The molecule has 10 heteroatoms. The zero-order valence-electron chi connectivity index (χ0n) is 22.5. The van der Waals surface area contributed by atoms with Crippen LogP contribution < -0.4 is 19.8 Å². The van der Waals surface area contributed by atoms with Crippen LogP contribution in [0.4, 0.5) is 0 Å². The molecule has 0 aliphatic heterocycles. The Morgan fingerprint density at radius 2 is 1.69 bits per heavy atom. The SMILES string of the molecule is COc1cccc(C=Nn2c(-c3cc4c(OC)cccc4o3)nc3ccccc3c2=O)c1OCc1ccc(Cl)cc1Cl. The van der Waals surface area contributed by atoms with Gasteiger partial charge in [-0.15, -0.1) is 0 Å². The fraction of sp³-hybridized carbons (Fsp3) is 0.0938. The maximum absolute atomic E-state index is 13.7. The first-order valence-corrected chi connectivity index (χ1v) is 13.6. The Kier molecular flexibility index (Phi) is 7.56. The third-order valence-corrected chi connectivity index (χ3v) is 7.23. The number of aromatic nitrogens is 2. The molecule has 2 aromatic heterocycles. The summed E-state index contributed by atoms with van der Waals surface area (Å²) in [6.45, 7) is 0.154. The Bertz CT molecular complexity index is 2030. The number of furan rings is 1. The third-order valence-electron chi connectivity index (χ3n) is 6.64. The fourth-order valence-corrected chi connectivity index (χ4v) is 5.03. The van der Waals surface area contributed by atoms with Crippen LogP contribution in [0.5, 0.6) is 17.2 Å². The number of rotatable bonds is 8. The summed E-state index contributed by atoms with van der Waals surface area (Å²) in [5, 5.41) is 6.75. The topological polar surface area (TPSA) is 88.1 Å². The van der Waals surface area contributed by atoms with Gasteiger partial charge in [0.25, 0.3) is 5.56 Å². The van der Waals surface area contributed by atoms with E-state index >= 15 is 0 Å². The largest absolute Gasteiger partial charge is 0.496 e. The molecule has 6 rings (SSSR count). The molecule has 210 valence electrons. The van der Waals surface area contributed by atoms with Gasteiger partial charge in [-0.3, -0.25) is 4.79 Å². The minimum absolute atomic E-state index is 0.154. The quantitative estimate of drug-likeness (QED) is 0.167. The molecule has 0 fully saturated rings. The molecule has 0 unspecified atom stereocenters. The minimum atomic E-state index is -0.363. The second-order valence-corrected chi connectivity index (χ2v) is 10.0. The number of hydrogen-bond donors (Lipinski definition) is 0. The number of para-hydroxylation sites is 2. The van der Waals surface area contributed by atoms with Crippen molar-refractivity contribution in [2.75, 3.05) is 14.2 Å². The highest BCUT2D eigenvalue weighted by atomic mass is 35.5. The van der Waals surface area contributed by atoms with E-state index in [4.69, 9.17) is 46.8 Å². The molecule has 0 N–H and O–H groups in total. The van der Waals surface area contributed by atoms with Crippen molar-refractivity contribution < 1.29 is 18.6 Å². The molecule has 2 heterocycles. The van der Waals surface area contributed by atoms with E-state index in [1.54, 1.807) is 74.9 Å². The number of halogens is 2. The van der Waals surface area contributed by atoms with Crippen molar-refractivity contribution in [1.29, 1.82) is 0 Å². The number of ether oxygens (including phenoxy) is 3. The van der Waals surface area contributed by atoms with E-state index in [0.717, 1.165) is 10.9 Å². The van der Waals surface area contributed by atoms with Crippen LogP contribution in [0.15, 0.2) is 99.2 Å². The Hall–Kier alpha value is -4.79. The Morgan fingerprint density at radius 1 is 0.905 bits per heavy atom. The van der Waals surface area contributed by atoms with Gasteiger partial charge in [-0.25, -0.2) is 4.98 Å². The van der Waals surface area contributed by atoms with Crippen LogP contribution in [0.2, 0.25) is 10.0 Å².